The monoisotopic (exact) mass is 326 g/mol. The summed E-state index contributed by atoms with van der Waals surface area (Å²) in [7, 11) is -1.48. The van der Waals surface area contributed by atoms with Gasteiger partial charge in [0.05, 0.1) is 11.2 Å². The van der Waals surface area contributed by atoms with E-state index >= 15 is 0 Å². The normalized spacial score (nSPS) is 16.2. The van der Waals surface area contributed by atoms with Crippen molar-refractivity contribution in [1.29, 1.82) is 0 Å². The van der Waals surface area contributed by atoms with E-state index in [4.69, 9.17) is 0 Å². The zero-order valence-electron chi connectivity index (χ0n) is 14.1. The van der Waals surface area contributed by atoms with Crippen molar-refractivity contribution >= 4 is 19.0 Å². The van der Waals surface area contributed by atoms with Crippen LogP contribution in [-0.4, -0.2) is 18.3 Å². The van der Waals surface area contributed by atoms with Crippen LogP contribution in [0.1, 0.15) is 49.3 Å². The van der Waals surface area contributed by atoms with Crippen molar-refractivity contribution in [1.82, 2.24) is 10.2 Å². The van der Waals surface area contributed by atoms with Gasteiger partial charge < -0.3 is 0 Å². The first-order valence-corrected chi connectivity index (χ1v) is 11.9. The second-order valence-electron chi connectivity index (χ2n) is 7.50. The van der Waals surface area contributed by atoms with E-state index in [2.05, 4.69) is 41.3 Å². The van der Waals surface area contributed by atoms with E-state index in [1.807, 2.05) is 12.1 Å². The van der Waals surface area contributed by atoms with Gasteiger partial charge in [-0.15, -0.1) is 5.54 Å². The van der Waals surface area contributed by atoms with Crippen LogP contribution in [0.3, 0.4) is 0 Å². The third-order valence-electron chi connectivity index (χ3n) is 4.28. The largest absolute Gasteiger partial charge is 0.206 e. The Morgan fingerprint density at radius 3 is 2.48 bits per heavy atom. The summed E-state index contributed by atoms with van der Waals surface area (Å²) in [5.74, 6) is 3.29. The molecule has 0 bridgehead atoms. The molecule has 0 amide bonds. The number of hydrogen-bond donors (Lipinski definition) is 0. The first-order chi connectivity index (χ1) is 10.9. The molecule has 3 rings (SSSR count). The number of benzene rings is 1. The van der Waals surface area contributed by atoms with Gasteiger partial charge in [-0.3, -0.25) is 0 Å². The third kappa shape index (κ3) is 3.97. The van der Waals surface area contributed by atoms with Crippen LogP contribution < -0.4 is 0 Å². The molecule has 0 N–H and O–H groups in total. The maximum atomic E-state index is 14.5. The molecule has 120 valence electrons. The van der Waals surface area contributed by atoms with Crippen LogP contribution in [0.2, 0.25) is 19.6 Å². The molecule has 23 heavy (non-hydrogen) atoms. The maximum absolute atomic E-state index is 14.5. The molecular formula is C19H23FN2Si. The highest BCUT2D eigenvalue weighted by atomic mass is 28.3. The Bertz CT molecular complexity index is 778. The van der Waals surface area contributed by atoms with Gasteiger partial charge in [0.2, 0.25) is 0 Å². The molecule has 0 saturated heterocycles. The highest BCUT2D eigenvalue weighted by Gasteiger charge is 2.18. The zero-order chi connectivity index (χ0) is 16.4. The zero-order valence-corrected chi connectivity index (χ0v) is 15.1. The van der Waals surface area contributed by atoms with E-state index in [0.29, 0.717) is 22.4 Å². The van der Waals surface area contributed by atoms with Gasteiger partial charge in [-0.25, -0.2) is 4.39 Å². The summed E-state index contributed by atoms with van der Waals surface area (Å²) in [5, 5.41) is 9.21. The average molecular weight is 326 g/mol. The highest BCUT2D eigenvalue weighted by Crippen LogP contribution is 2.32. The number of rotatable bonds is 1. The first-order valence-electron chi connectivity index (χ1n) is 8.42. The lowest BCUT2D eigenvalue weighted by atomic mass is 9.86. The minimum atomic E-state index is -1.48. The van der Waals surface area contributed by atoms with Crippen LogP contribution in [-0.2, 0) is 0 Å². The summed E-state index contributed by atoms with van der Waals surface area (Å²) < 4.78 is 14.5. The molecule has 0 unspecified atom stereocenters. The van der Waals surface area contributed by atoms with E-state index in [0.717, 1.165) is 18.5 Å². The predicted molar refractivity (Wildman–Crippen MR) is 95.5 cm³/mol. The van der Waals surface area contributed by atoms with Crippen molar-refractivity contribution in [2.45, 2.75) is 57.7 Å². The Balaban J connectivity index is 1.97. The first kappa shape index (κ1) is 16.1. The van der Waals surface area contributed by atoms with Crippen LogP contribution in [0.15, 0.2) is 18.2 Å². The van der Waals surface area contributed by atoms with Gasteiger partial charge in [-0.05, 0) is 31.0 Å². The smallest absolute Gasteiger partial charge is 0.133 e. The van der Waals surface area contributed by atoms with Crippen LogP contribution in [0.5, 0.6) is 0 Å². The molecule has 1 aromatic heterocycles. The van der Waals surface area contributed by atoms with Gasteiger partial charge in [0, 0.05) is 16.9 Å². The van der Waals surface area contributed by atoms with E-state index in [-0.39, 0.29) is 5.82 Å². The van der Waals surface area contributed by atoms with E-state index in [9.17, 15) is 4.39 Å². The molecule has 1 aliphatic rings. The molecule has 0 aliphatic heterocycles. The standard InChI is InChI=1S/C19H23FN2Si/c1-23(2,3)10-9-14-11-17(20)16-13-18(21-22-19(16)12-14)15-7-5-4-6-8-15/h11-13,15H,4-8H2,1-3H3. The highest BCUT2D eigenvalue weighted by molar-refractivity contribution is 6.83. The molecule has 0 atom stereocenters. The predicted octanol–water partition coefficient (Wildman–Crippen LogP) is 5.05. The summed E-state index contributed by atoms with van der Waals surface area (Å²) in [5.41, 5.74) is 5.50. The number of aromatic nitrogens is 2. The minimum Gasteiger partial charge on any atom is -0.206 e. The molecule has 0 spiro atoms. The lowest BCUT2D eigenvalue weighted by molar-refractivity contribution is 0.434. The number of halogens is 1. The van der Waals surface area contributed by atoms with Crippen LogP contribution in [0.4, 0.5) is 4.39 Å². The Labute approximate surface area is 138 Å². The quantitative estimate of drug-likeness (QED) is 0.541. The minimum absolute atomic E-state index is 0.241. The summed E-state index contributed by atoms with van der Waals surface area (Å²) in [6, 6.07) is 5.27. The SMILES string of the molecule is C[Si](C)(C)C#Cc1cc(F)c2cc(C3CCCCC3)nnc2c1. The number of nitrogens with zero attached hydrogens (tertiary/aromatic N) is 2. The van der Waals surface area contributed by atoms with Gasteiger partial charge in [-0.1, -0.05) is 44.8 Å². The average Bonchev–Trinajstić information content (AvgIpc) is 2.53. The van der Waals surface area contributed by atoms with Crippen LogP contribution >= 0.6 is 0 Å². The third-order valence-corrected chi connectivity index (χ3v) is 5.15. The molecule has 2 nitrogen and oxygen atoms in total. The maximum Gasteiger partial charge on any atom is 0.133 e. The summed E-state index contributed by atoms with van der Waals surface area (Å²) in [6.45, 7) is 6.52. The topological polar surface area (TPSA) is 25.8 Å². The molecule has 1 aromatic carbocycles. The van der Waals surface area contributed by atoms with Crippen molar-refractivity contribution in [3.8, 4) is 11.5 Å². The summed E-state index contributed by atoms with van der Waals surface area (Å²) in [4.78, 5) is 0. The fourth-order valence-corrected chi connectivity index (χ4v) is 3.57. The summed E-state index contributed by atoms with van der Waals surface area (Å²) >= 11 is 0. The van der Waals surface area contributed by atoms with Crippen molar-refractivity contribution in [2.75, 3.05) is 0 Å². The number of hydrogen-bond acceptors (Lipinski definition) is 2. The van der Waals surface area contributed by atoms with Crippen molar-refractivity contribution in [2.24, 2.45) is 0 Å². The van der Waals surface area contributed by atoms with Gasteiger partial charge >= 0.3 is 0 Å². The second kappa shape index (κ2) is 6.41. The van der Waals surface area contributed by atoms with Gasteiger partial charge in [0.15, 0.2) is 0 Å². The lowest BCUT2D eigenvalue weighted by Crippen LogP contribution is -2.16. The Kier molecular flexibility index (Phi) is 4.50. The fraction of sp³-hybridized carbons (Fsp3) is 0.474. The molecule has 1 aliphatic carbocycles. The molecular weight excluding hydrogens is 303 g/mol. The van der Waals surface area contributed by atoms with Gasteiger partial charge in [0.25, 0.3) is 0 Å². The molecule has 1 heterocycles. The Morgan fingerprint density at radius 2 is 1.78 bits per heavy atom. The van der Waals surface area contributed by atoms with E-state index < -0.39 is 8.07 Å². The number of fused-ring (bicyclic) bond motifs is 1. The van der Waals surface area contributed by atoms with Gasteiger partial charge in [-0.2, -0.15) is 10.2 Å². The van der Waals surface area contributed by atoms with Gasteiger partial charge in [0.1, 0.15) is 13.9 Å². The molecule has 1 saturated carbocycles. The second-order valence-corrected chi connectivity index (χ2v) is 12.2. The van der Waals surface area contributed by atoms with E-state index in [1.54, 1.807) is 0 Å². The van der Waals surface area contributed by atoms with E-state index in [1.165, 1.54) is 25.3 Å². The fourth-order valence-electron chi connectivity index (χ4n) is 3.05. The molecule has 4 heteroatoms. The van der Waals surface area contributed by atoms with Crippen LogP contribution in [0, 0.1) is 17.3 Å². The lowest BCUT2D eigenvalue weighted by Gasteiger charge is -2.20. The molecule has 1 fully saturated rings. The van der Waals surface area contributed by atoms with Crippen molar-refractivity contribution in [3.05, 3.63) is 35.3 Å². The molecule has 0 radical (unpaired) electrons. The van der Waals surface area contributed by atoms with Crippen LogP contribution in [0.25, 0.3) is 10.9 Å². The summed E-state index contributed by atoms with van der Waals surface area (Å²) in [6.07, 6.45) is 6.05. The Hall–Kier alpha value is -1.73. The molecule has 2 aromatic rings. The van der Waals surface area contributed by atoms with Crippen molar-refractivity contribution in [3.63, 3.8) is 0 Å². The van der Waals surface area contributed by atoms with Crippen molar-refractivity contribution < 1.29 is 4.39 Å². The Morgan fingerprint density at radius 1 is 1.04 bits per heavy atom.